The van der Waals surface area contributed by atoms with Gasteiger partial charge < -0.3 is 4.98 Å². The molecule has 0 bridgehead atoms. The van der Waals surface area contributed by atoms with E-state index < -0.39 is 0 Å². The summed E-state index contributed by atoms with van der Waals surface area (Å²) in [6, 6.07) is 0. The van der Waals surface area contributed by atoms with E-state index in [-0.39, 0.29) is 0 Å². The van der Waals surface area contributed by atoms with Gasteiger partial charge in [-0.25, -0.2) is 9.97 Å². The number of aromatic amines is 1. The molecule has 12 heavy (non-hydrogen) atoms. The molecule has 0 saturated heterocycles. The maximum absolute atomic E-state index is 5.87. The van der Waals surface area contributed by atoms with Crippen LogP contribution >= 0.6 is 23.4 Å². The van der Waals surface area contributed by atoms with E-state index >= 15 is 0 Å². The van der Waals surface area contributed by atoms with Crippen LogP contribution in [0.15, 0.2) is 17.6 Å². The van der Waals surface area contributed by atoms with Crippen LogP contribution in [0.1, 0.15) is 0 Å². The number of aromatic nitrogens is 3. The number of nitrogens with one attached hydrogen (secondary N) is 1. The molecule has 2 aromatic rings. The van der Waals surface area contributed by atoms with Gasteiger partial charge in [0, 0.05) is 6.20 Å². The lowest BCUT2D eigenvalue weighted by Gasteiger charge is -1.93. The average molecular weight is 200 g/mol. The van der Waals surface area contributed by atoms with Gasteiger partial charge in [-0.05, 0) is 6.26 Å². The van der Waals surface area contributed by atoms with Crippen molar-refractivity contribution >= 4 is 34.4 Å². The van der Waals surface area contributed by atoms with Crippen LogP contribution in [0.3, 0.4) is 0 Å². The van der Waals surface area contributed by atoms with Crippen LogP contribution in [0.25, 0.3) is 11.0 Å². The van der Waals surface area contributed by atoms with Gasteiger partial charge in [0.2, 0.25) is 0 Å². The molecule has 5 heteroatoms. The van der Waals surface area contributed by atoms with Gasteiger partial charge in [0.15, 0.2) is 5.16 Å². The van der Waals surface area contributed by atoms with Crippen molar-refractivity contribution in [2.45, 2.75) is 5.16 Å². The molecular weight excluding hydrogens is 194 g/mol. The Balaban J connectivity index is 2.71. The van der Waals surface area contributed by atoms with Gasteiger partial charge in [0.1, 0.15) is 5.52 Å². The van der Waals surface area contributed by atoms with Crippen LogP contribution in [0, 0.1) is 0 Å². The second-order valence-corrected chi connectivity index (χ2v) is 3.44. The van der Waals surface area contributed by atoms with Crippen LogP contribution in [0.2, 0.25) is 5.02 Å². The largest absolute Gasteiger partial charge is 0.357 e. The first-order valence-corrected chi connectivity index (χ1v) is 4.95. The zero-order chi connectivity index (χ0) is 8.55. The van der Waals surface area contributed by atoms with Gasteiger partial charge in [-0.3, -0.25) is 0 Å². The van der Waals surface area contributed by atoms with Crippen molar-refractivity contribution in [3.05, 3.63) is 17.4 Å². The summed E-state index contributed by atoms with van der Waals surface area (Å²) in [4.78, 5) is 11.3. The number of rotatable bonds is 1. The molecule has 1 N–H and O–H groups in total. The zero-order valence-corrected chi connectivity index (χ0v) is 7.91. The summed E-state index contributed by atoms with van der Waals surface area (Å²) in [7, 11) is 0. The SMILES string of the molecule is CSc1ncc2[nH]cc(Cl)c2n1. The van der Waals surface area contributed by atoms with E-state index in [4.69, 9.17) is 11.6 Å². The summed E-state index contributed by atoms with van der Waals surface area (Å²) >= 11 is 7.37. The third-order valence-electron chi connectivity index (χ3n) is 1.53. The number of halogens is 1. The Morgan fingerprint density at radius 2 is 2.42 bits per heavy atom. The minimum Gasteiger partial charge on any atom is -0.357 e. The molecule has 0 aliphatic heterocycles. The summed E-state index contributed by atoms with van der Waals surface area (Å²) in [5.74, 6) is 0. The second-order valence-electron chi connectivity index (χ2n) is 2.26. The normalized spacial score (nSPS) is 10.8. The highest BCUT2D eigenvalue weighted by molar-refractivity contribution is 7.98. The van der Waals surface area contributed by atoms with Crippen LogP contribution in [0.5, 0.6) is 0 Å². The molecule has 0 aliphatic rings. The minimum atomic E-state index is 0.641. The highest BCUT2D eigenvalue weighted by atomic mass is 35.5. The Morgan fingerprint density at radius 3 is 3.17 bits per heavy atom. The molecule has 3 nitrogen and oxygen atoms in total. The van der Waals surface area contributed by atoms with E-state index in [1.165, 1.54) is 11.8 Å². The smallest absolute Gasteiger partial charge is 0.187 e. The van der Waals surface area contributed by atoms with Crippen LogP contribution in [-0.4, -0.2) is 21.2 Å². The first kappa shape index (κ1) is 7.89. The van der Waals surface area contributed by atoms with Crippen LogP contribution < -0.4 is 0 Å². The third kappa shape index (κ3) is 1.17. The zero-order valence-electron chi connectivity index (χ0n) is 6.34. The fraction of sp³-hybridized carbons (Fsp3) is 0.143. The Hall–Kier alpha value is -0.740. The summed E-state index contributed by atoms with van der Waals surface area (Å²) in [5.41, 5.74) is 1.66. The molecule has 0 spiro atoms. The van der Waals surface area contributed by atoms with E-state index in [1.807, 2.05) is 6.26 Å². The highest BCUT2D eigenvalue weighted by Gasteiger charge is 2.03. The van der Waals surface area contributed by atoms with Crippen molar-refractivity contribution in [1.29, 1.82) is 0 Å². The first-order valence-electron chi connectivity index (χ1n) is 3.35. The number of nitrogens with zero attached hydrogens (tertiary/aromatic N) is 2. The molecule has 2 heterocycles. The fourth-order valence-corrected chi connectivity index (χ4v) is 1.50. The monoisotopic (exact) mass is 199 g/mol. The van der Waals surface area contributed by atoms with Gasteiger partial charge in [-0.1, -0.05) is 23.4 Å². The van der Waals surface area contributed by atoms with Gasteiger partial charge in [-0.15, -0.1) is 0 Å². The van der Waals surface area contributed by atoms with Gasteiger partial charge in [0.25, 0.3) is 0 Å². The number of fused-ring (bicyclic) bond motifs is 1. The molecule has 62 valence electrons. The molecule has 0 radical (unpaired) electrons. The van der Waals surface area contributed by atoms with Crippen molar-refractivity contribution in [2.75, 3.05) is 6.26 Å². The molecule has 2 rings (SSSR count). The number of H-pyrrole nitrogens is 1. The van der Waals surface area contributed by atoms with E-state index in [0.29, 0.717) is 5.02 Å². The summed E-state index contributed by atoms with van der Waals surface area (Å²) in [6.07, 6.45) is 5.38. The number of thioether (sulfide) groups is 1. The standard InChI is InChI=1S/C7H6ClN3S/c1-12-7-10-3-5-6(11-7)4(8)2-9-5/h2-3,9H,1H3. The van der Waals surface area contributed by atoms with Crippen molar-refractivity contribution in [3.63, 3.8) is 0 Å². The summed E-state index contributed by atoms with van der Waals surface area (Å²) in [5, 5.41) is 1.38. The Bertz CT molecular complexity index is 412. The van der Waals surface area contributed by atoms with E-state index in [0.717, 1.165) is 16.2 Å². The Kier molecular flexibility index (Phi) is 1.94. The van der Waals surface area contributed by atoms with Crippen molar-refractivity contribution in [3.8, 4) is 0 Å². The van der Waals surface area contributed by atoms with E-state index in [9.17, 15) is 0 Å². The molecule has 0 saturated carbocycles. The van der Waals surface area contributed by atoms with Crippen molar-refractivity contribution in [1.82, 2.24) is 15.0 Å². The molecule has 2 aromatic heterocycles. The molecule has 0 fully saturated rings. The predicted molar refractivity (Wildman–Crippen MR) is 50.7 cm³/mol. The summed E-state index contributed by atoms with van der Waals surface area (Å²) in [6.45, 7) is 0. The summed E-state index contributed by atoms with van der Waals surface area (Å²) < 4.78 is 0. The molecule has 0 aromatic carbocycles. The molecule has 0 aliphatic carbocycles. The highest BCUT2D eigenvalue weighted by Crippen LogP contribution is 2.21. The van der Waals surface area contributed by atoms with Gasteiger partial charge in [0.05, 0.1) is 16.7 Å². The Labute approximate surface area is 78.6 Å². The molecular formula is C7H6ClN3S. The van der Waals surface area contributed by atoms with Gasteiger partial charge in [-0.2, -0.15) is 0 Å². The first-order chi connectivity index (χ1) is 5.81. The number of hydrogen-bond donors (Lipinski definition) is 1. The third-order valence-corrected chi connectivity index (χ3v) is 2.38. The number of hydrogen-bond acceptors (Lipinski definition) is 3. The Morgan fingerprint density at radius 1 is 1.58 bits per heavy atom. The lowest BCUT2D eigenvalue weighted by atomic mass is 10.5. The van der Waals surface area contributed by atoms with Crippen molar-refractivity contribution < 1.29 is 0 Å². The maximum atomic E-state index is 5.87. The second kappa shape index (κ2) is 2.95. The lowest BCUT2D eigenvalue weighted by molar-refractivity contribution is 1.01. The lowest BCUT2D eigenvalue weighted by Crippen LogP contribution is -1.84. The molecule has 0 amide bonds. The van der Waals surface area contributed by atoms with Gasteiger partial charge >= 0.3 is 0 Å². The minimum absolute atomic E-state index is 0.641. The topological polar surface area (TPSA) is 41.6 Å². The van der Waals surface area contributed by atoms with Crippen LogP contribution in [-0.2, 0) is 0 Å². The molecule has 0 atom stereocenters. The van der Waals surface area contributed by atoms with E-state index in [2.05, 4.69) is 15.0 Å². The maximum Gasteiger partial charge on any atom is 0.187 e. The predicted octanol–water partition coefficient (Wildman–Crippen LogP) is 2.33. The van der Waals surface area contributed by atoms with Crippen molar-refractivity contribution in [2.24, 2.45) is 0 Å². The average Bonchev–Trinajstić information content (AvgIpc) is 2.47. The quantitative estimate of drug-likeness (QED) is 0.566. The molecule has 0 unspecified atom stereocenters. The fourth-order valence-electron chi connectivity index (χ4n) is 0.961. The van der Waals surface area contributed by atoms with Crippen LogP contribution in [0.4, 0.5) is 0 Å². The van der Waals surface area contributed by atoms with E-state index in [1.54, 1.807) is 12.4 Å².